The molecule has 0 aliphatic carbocycles. The van der Waals surface area contributed by atoms with Gasteiger partial charge in [0, 0.05) is 0 Å². The van der Waals surface area contributed by atoms with Crippen molar-refractivity contribution in [1.29, 1.82) is 0 Å². The summed E-state index contributed by atoms with van der Waals surface area (Å²) >= 11 is 1.56. The smallest absolute Gasteiger partial charge is 0.305 e. The van der Waals surface area contributed by atoms with Crippen LogP contribution < -0.4 is 16.4 Å². The topological polar surface area (TPSA) is 139 Å². The highest BCUT2D eigenvalue weighted by molar-refractivity contribution is 7.98. The zero-order valence-electron chi connectivity index (χ0n) is 13.5. The van der Waals surface area contributed by atoms with Gasteiger partial charge in [0.2, 0.25) is 18.1 Å². The second-order valence-corrected chi connectivity index (χ2v) is 6.38. The predicted octanol–water partition coefficient (Wildman–Crippen LogP) is -0.723. The molecule has 0 saturated heterocycles. The van der Waals surface area contributed by atoms with Crippen molar-refractivity contribution in [2.45, 2.75) is 44.8 Å². The van der Waals surface area contributed by atoms with Crippen LogP contribution in [-0.4, -0.2) is 59.3 Å². The zero-order valence-corrected chi connectivity index (χ0v) is 14.3. The molecule has 131 valence electrons. The monoisotopic (exact) mass is 346 g/mol. The molecule has 0 aromatic rings. The Hall–Kier alpha value is -1.61. The molecule has 0 heterocycles. The number of hydrogen-bond donors (Lipinski definition) is 4. The lowest BCUT2D eigenvalue weighted by atomic mass is 10.0. The summed E-state index contributed by atoms with van der Waals surface area (Å²) in [6.45, 7) is 3.43. The Labute approximate surface area is 139 Å². The number of amides is 2. The van der Waals surface area contributed by atoms with Crippen molar-refractivity contribution in [2.75, 3.05) is 12.0 Å². The van der Waals surface area contributed by atoms with Crippen LogP contribution >= 0.6 is 11.8 Å². The number of carboxylic acid groups (broad SMARTS) is 1. The third-order valence-electron chi connectivity index (χ3n) is 3.05. The van der Waals surface area contributed by atoms with Gasteiger partial charge in [-0.2, -0.15) is 11.8 Å². The molecule has 0 fully saturated rings. The van der Waals surface area contributed by atoms with Crippen molar-refractivity contribution in [3.8, 4) is 0 Å². The van der Waals surface area contributed by atoms with E-state index in [2.05, 4.69) is 10.6 Å². The Kier molecular flexibility index (Phi) is 10.2. The summed E-state index contributed by atoms with van der Waals surface area (Å²) < 4.78 is 0. The van der Waals surface area contributed by atoms with E-state index in [1.54, 1.807) is 25.6 Å². The van der Waals surface area contributed by atoms with Gasteiger partial charge >= 0.3 is 5.97 Å². The lowest BCUT2D eigenvalue weighted by Crippen LogP contribution is -2.55. The summed E-state index contributed by atoms with van der Waals surface area (Å²) in [6.07, 6.45) is 3.26. The van der Waals surface area contributed by atoms with E-state index in [0.29, 0.717) is 12.2 Å². The first kappa shape index (κ1) is 21.4. The summed E-state index contributed by atoms with van der Waals surface area (Å²) in [5.41, 5.74) is 5.75. The fourth-order valence-electron chi connectivity index (χ4n) is 1.73. The lowest BCUT2D eigenvalue weighted by molar-refractivity contribution is -0.137. The number of carbonyl (C=O) groups excluding carboxylic acids is 3. The maximum absolute atomic E-state index is 12.2. The van der Waals surface area contributed by atoms with Crippen LogP contribution in [0.2, 0.25) is 0 Å². The van der Waals surface area contributed by atoms with Crippen molar-refractivity contribution in [2.24, 2.45) is 11.7 Å². The first-order valence-electron chi connectivity index (χ1n) is 7.17. The largest absolute Gasteiger partial charge is 0.481 e. The second-order valence-electron chi connectivity index (χ2n) is 5.40. The molecule has 0 bridgehead atoms. The van der Waals surface area contributed by atoms with Crippen LogP contribution in [0.25, 0.3) is 0 Å². The van der Waals surface area contributed by atoms with Crippen molar-refractivity contribution in [3.05, 3.63) is 0 Å². The van der Waals surface area contributed by atoms with Gasteiger partial charge in [-0.3, -0.25) is 19.2 Å². The van der Waals surface area contributed by atoms with Gasteiger partial charge in [-0.25, -0.2) is 0 Å². The van der Waals surface area contributed by atoms with E-state index in [9.17, 15) is 19.2 Å². The minimum atomic E-state index is -1.26. The SMILES string of the molecule is CSCC[C@H](N)C(=O)N[C@H](C(=O)N[C@H]([C]=O)CC(=O)O)C(C)C. The molecule has 0 aromatic heterocycles. The Bertz CT molecular complexity index is 431. The normalized spacial score (nSPS) is 14.7. The van der Waals surface area contributed by atoms with Gasteiger partial charge in [-0.05, 0) is 24.3 Å². The number of carboxylic acids is 1. The molecule has 1 radical (unpaired) electrons. The maximum atomic E-state index is 12.2. The fourth-order valence-corrected chi connectivity index (χ4v) is 2.22. The van der Waals surface area contributed by atoms with E-state index in [0.717, 1.165) is 0 Å². The minimum absolute atomic E-state index is 0.260. The standard InChI is InChI=1S/C14H24N3O5S/c1-8(2)12(17-13(21)10(15)4-5-23-3)14(22)16-9(7-18)6-11(19)20/h8-10,12H,4-6,15H2,1-3H3,(H,16,22)(H,17,21)(H,19,20)/t9-,10-,12-/m0/s1. The van der Waals surface area contributed by atoms with E-state index in [-0.39, 0.29) is 5.92 Å². The molecule has 0 spiro atoms. The highest BCUT2D eigenvalue weighted by Gasteiger charge is 2.28. The van der Waals surface area contributed by atoms with Gasteiger partial charge in [-0.15, -0.1) is 0 Å². The molecule has 2 amide bonds. The Morgan fingerprint density at radius 2 is 1.83 bits per heavy atom. The molecule has 0 aliphatic heterocycles. The summed E-state index contributed by atoms with van der Waals surface area (Å²) in [5, 5.41) is 13.5. The molecule has 0 saturated carbocycles. The number of nitrogens with two attached hydrogens (primary N) is 1. The van der Waals surface area contributed by atoms with Crippen molar-refractivity contribution in [3.63, 3.8) is 0 Å². The van der Waals surface area contributed by atoms with E-state index in [1.807, 2.05) is 6.26 Å². The van der Waals surface area contributed by atoms with E-state index in [4.69, 9.17) is 10.8 Å². The molecule has 5 N–H and O–H groups in total. The van der Waals surface area contributed by atoms with E-state index in [1.165, 1.54) is 6.29 Å². The van der Waals surface area contributed by atoms with Crippen LogP contribution in [0.5, 0.6) is 0 Å². The second kappa shape index (κ2) is 11.0. The number of carbonyl (C=O) groups is 3. The predicted molar refractivity (Wildman–Crippen MR) is 87.6 cm³/mol. The molecule has 23 heavy (non-hydrogen) atoms. The average Bonchev–Trinajstić information content (AvgIpc) is 2.47. The number of nitrogens with one attached hydrogen (secondary N) is 2. The van der Waals surface area contributed by atoms with Gasteiger partial charge in [0.15, 0.2) is 0 Å². The third kappa shape index (κ3) is 8.56. The first-order chi connectivity index (χ1) is 10.7. The third-order valence-corrected chi connectivity index (χ3v) is 3.70. The summed E-state index contributed by atoms with van der Waals surface area (Å²) in [6, 6.07) is -2.90. The Morgan fingerprint density at radius 1 is 1.22 bits per heavy atom. The fraction of sp³-hybridized carbons (Fsp3) is 0.714. The average molecular weight is 346 g/mol. The number of thioether (sulfide) groups is 1. The zero-order chi connectivity index (χ0) is 18.0. The van der Waals surface area contributed by atoms with Crippen LogP contribution in [0.1, 0.15) is 26.7 Å². The quantitative estimate of drug-likeness (QED) is 0.387. The van der Waals surface area contributed by atoms with Gasteiger partial charge in [0.05, 0.1) is 12.5 Å². The maximum Gasteiger partial charge on any atom is 0.305 e. The van der Waals surface area contributed by atoms with Crippen LogP contribution in [-0.2, 0) is 19.2 Å². The van der Waals surface area contributed by atoms with Gasteiger partial charge in [0.25, 0.3) is 0 Å². The van der Waals surface area contributed by atoms with Crippen molar-refractivity contribution in [1.82, 2.24) is 10.6 Å². The molecule has 9 heteroatoms. The summed E-state index contributed by atoms with van der Waals surface area (Å²) in [7, 11) is 0. The van der Waals surface area contributed by atoms with Crippen LogP contribution in [0.4, 0.5) is 0 Å². The molecule has 8 nitrogen and oxygen atoms in total. The number of rotatable bonds is 11. The van der Waals surface area contributed by atoms with E-state index >= 15 is 0 Å². The lowest BCUT2D eigenvalue weighted by Gasteiger charge is -2.24. The van der Waals surface area contributed by atoms with Gasteiger partial charge in [-0.1, -0.05) is 13.8 Å². The van der Waals surface area contributed by atoms with Crippen LogP contribution in [0.15, 0.2) is 0 Å². The highest BCUT2D eigenvalue weighted by Crippen LogP contribution is 2.05. The summed E-state index contributed by atoms with van der Waals surface area (Å²) in [5.74, 6) is -1.88. The molecule has 0 unspecified atom stereocenters. The molecular formula is C14H24N3O5S. The minimum Gasteiger partial charge on any atom is -0.481 e. The van der Waals surface area contributed by atoms with Crippen LogP contribution in [0, 0.1) is 5.92 Å². The van der Waals surface area contributed by atoms with Gasteiger partial charge in [0.1, 0.15) is 12.1 Å². The number of hydrogen-bond acceptors (Lipinski definition) is 6. The Morgan fingerprint density at radius 3 is 2.26 bits per heavy atom. The number of aliphatic carboxylic acids is 1. The molecule has 0 aromatic carbocycles. The molecule has 0 aliphatic rings. The van der Waals surface area contributed by atoms with Crippen LogP contribution in [0.3, 0.4) is 0 Å². The van der Waals surface area contributed by atoms with Crippen molar-refractivity contribution >= 4 is 35.8 Å². The first-order valence-corrected chi connectivity index (χ1v) is 8.57. The van der Waals surface area contributed by atoms with Crippen molar-refractivity contribution < 1.29 is 24.3 Å². The highest BCUT2D eigenvalue weighted by atomic mass is 32.2. The molecule has 3 atom stereocenters. The Balaban J connectivity index is 4.77. The molecule has 0 rings (SSSR count). The summed E-state index contributed by atoms with van der Waals surface area (Å²) in [4.78, 5) is 45.5. The van der Waals surface area contributed by atoms with Gasteiger partial charge < -0.3 is 21.5 Å². The molecular weight excluding hydrogens is 322 g/mol. The van der Waals surface area contributed by atoms with E-state index < -0.39 is 42.3 Å².